The van der Waals surface area contributed by atoms with E-state index in [0.717, 1.165) is 28.9 Å². The van der Waals surface area contributed by atoms with Crippen LogP contribution in [0.4, 0.5) is 5.13 Å². The lowest BCUT2D eigenvalue weighted by atomic mass is 10.2. The first-order valence-electron chi connectivity index (χ1n) is 8.62. The summed E-state index contributed by atoms with van der Waals surface area (Å²) in [7, 11) is 3.96. The van der Waals surface area contributed by atoms with E-state index in [1.165, 1.54) is 0 Å². The minimum absolute atomic E-state index is 0.143. The van der Waals surface area contributed by atoms with E-state index in [9.17, 15) is 5.11 Å². The molecular formula is C18H27N5O2S. The van der Waals surface area contributed by atoms with Gasteiger partial charge >= 0.3 is 0 Å². The van der Waals surface area contributed by atoms with Gasteiger partial charge in [0.1, 0.15) is 0 Å². The minimum Gasteiger partial charge on any atom is -0.504 e. The largest absolute Gasteiger partial charge is 0.504 e. The number of ether oxygens (including phenoxy) is 1. The quantitative estimate of drug-likeness (QED) is 0.485. The standard InChI is InChI=1S/C18H27N5O2S/c1-5-19-17(21-11-14-12-26-18(22-14)23(3)4)20-10-13-7-8-15(24)16(9-13)25-6-2/h7-9,12,24H,5-6,10-11H2,1-4H3,(H2,19,20,21). The summed E-state index contributed by atoms with van der Waals surface area (Å²) in [6.07, 6.45) is 0. The Morgan fingerprint density at radius 3 is 2.77 bits per heavy atom. The van der Waals surface area contributed by atoms with Gasteiger partial charge in [0.25, 0.3) is 0 Å². The first-order chi connectivity index (χ1) is 12.5. The number of anilines is 1. The number of aliphatic imine (C=N–C) groups is 1. The van der Waals surface area contributed by atoms with Gasteiger partial charge in [0.2, 0.25) is 0 Å². The Hall–Kier alpha value is -2.48. The summed E-state index contributed by atoms with van der Waals surface area (Å²) in [5, 5.41) is 19.3. The number of thiazole rings is 1. The zero-order valence-corrected chi connectivity index (χ0v) is 16.6. The fourth-order valence-corrected chi connectivity index (χ4v) is 2.96. The summed E-state index contributed by atoms with van der Waals surface area (Å²) in [6, 6.07) is 5.29. The molecule has 1 aromatic carbocycles. The van der Waals surface area contributed by atoms with Crippen LogP contribution in [0.3, 0.4) is 0 Å². The maximum atomic E-state index is 9.78. The second-order valence-corrected chi connectivity index (χ2v) is 6.64. The molecule has 0 saturated carbocycles. The zero-order chi connectivity index (χ0) is 18.9. The number of nitrogens with one attached hydrogen (secondary N) is 2. The molecule has 0 unspecified atom stereocenters. The molecule has 7 nitrogen and oxygen atoms in total. The molecule has 0 aliphatic rings. The van der Waals surface area contributed by atoms with Crippen LogP contribution in [0.2, 0.25) is 0 Å². The Kier molecular flexibility index (Phi) is 7.53. The molecule has 0 radical (unpaired) electrons. The molecule has 0 spiro atoms. The highest BCUT2D eigenvalue weighted by Gasteiger charge is 2.06. The summed E-state index contributed by atoms with van der Waals surface area (Å²) >= 11 is 1.62. The summed E-state index contributed by atoms with van der Waals surface area (Å²) in [5.74, 6) is 1.35. The molecule has 142 valence electrons. The van der Waals surface area contributed by atoms with Crippen LogP contribution in [0.25, 0.3) is 0 Å². The van der Waals surface area contributed by atoms with Crippen molar-refractivity contribution >= 4 is 22.4 Å². The van der Waals surface area contributed by atoms with E-state index in [1.54, 1.807) is 17.4 Å². The van der Waals surface area contributed by atoms with Crippen LogP contribution >= 0.6 is 11.3 Å². The monoisotopic (exact) mass is 377 g/mol. The van der Waals surface area contributed by atoms with E-state index in [-0.39, 0.29) is 5.75 Å². The lowest BCUT2D eigenvalue weighted by molar-refractivity contribution is 0.318. The van der Waals surface area contributed by atoms with Gasteiger partial charge in [0, 0.05) is 26.0 Å². The number of guanidine groups is 1. The topological polar surface area (TPSA) is 82.0 Å². The van der Waals surface area contributed by atoms with Crippen molar-refractivity contribution in [2.24, 2.45) is 4.99 Å². The second-order valence-electron chi connectivity index (χ2n) is 5.80. The lowest BCUT2D eigenvalue weighted by Gasteiger charge is -2.11. The van der Waals surface area contributed by atoms with Gasteiger partial charge in [-0.05, 0) is 31.5 Å². The molecule has 2 aromatic rings. The fourth-order valence-electron chi connectivity index (χ4n) is 2.20. The number of aromatic hydroxyl groups is 1. The molecule has 0 aliphatic carbocycles. The predicted molar refractivity (Wildman–Crippen MR) is 107 cm³/mol. The van der Waals surface area contributed by atoms with Crippen molar-refractivity contribution in [1.82, 2.24) is 15.6 Å². The number of hydrogen-bond donors (Lipinski definition) is 3. The van der Waals surface area contributed by atoms with Gasteiger partial charge in [0.15, 0.2) is 22.6 Å². The maximum absolute atomic E-state index is 9.78. The third-order valence-corrected chi connectivity index (χ3v) is 4.50. The van der Waals surface area contributed by atoms with Gasteiger partial charge < -0.3 is 25.4 Å². The Balaban J connectivity index is 2.00. The lowest BCUT2D eigenvalue weighted by Crippen LogP contribution is -2.36. The molecule has 0 atom stereocenters. The van der Waals surface area contributed by atoms with Crippen molar-refractivity contribution < 1.29 is 9.84 Å². The minimum atomic E-state index is 0.143. The first kappa shape index (κ1) is 19.8. The number of benzene rings is 1. The van der Waals surface area contributed by atoms with Gasteiger partial charge in [-0.2, -0.15) is 0 Å². The van der Waals surface area contributed by atoms with Crippen LogP contribution in [0.5, 0.6) is 11.5 Å². The third-order valence-electron chi connectivity index (χ3n) is 3.45. The van der Waals surface area contributed by atoms with Crippen LogP contribution in [0, 0.1) is 0 Å². The van der Waals surface area contributed by atoms with Crippen LogP contribution in [0.15, 0.2) is 28.6 Å². The molecular weight excluding hydrogens is 350 g/mol. The zero-order valence-electron chi connectivity index (χ0n) is 15.7. The molecule has 0 saturated heterocycles. The van der Waals surface area contributed by atoms with Crippen molar-refractivity contribution in [2.45, 2.75) is 26.9 Å². The van der Waals surface area contributed by atoms with Gasteiger partial charge in [0.05, 0.1) is 25.4 Å². The summed E-state index contributed by atoms with van der Waals surface area (Å²) in [5.41, 5.74) is 1.94. The molecule has 0 fully saturated rings. The van der Waals surface area contributed by atoms with Gasteiger partial charge in [-0.3, -0.25) is 0 Å². The highest BCUT2D eigenvalue weighted by atomic mass is 32.1. The second kappa shape index (κ2) is 9.86. The Bertz CT molecular complexity index is 730. The van der Waals surface area contributed by atoms with Gasteiger partial charge in [-0.1, -0.05) is 6.07 Å². The van der Waals surface area contributed by atoms with E-state index in [2.05, 4.69) is 20.6 Å². The van der Waals surface area contributed by atoms with Gasteiger partial charge in [-0.25, -0.2) is 9.98 Å². The highest BCUT2D eigenvalue weighted by molar-refractivity contribution is 7.13. The number of rotatable bonds is 8. The third kappa shape index (κ3) is 5.80. The summed E-state index contributed by atoms with van der Waals surface area (Å²) < 4.78 is 5.42. The normalized spacial score (nSPS) is 11.3. The molecule has 2 rings (SSSR count). The van der Waals surface area contributed by atoms with Crippen LogP contribution in [0.1, 0.15) is 25.1 Å². The number of hydrogen-bond acceptors (Lipinski definition) is 6. The Labute approximate surface area is 158 Å². The molecule has 8 heteroatoms. The number of aromatic nitrogens is 1. The molecule has 0 bridgehead atoms. The Morgan fingerprint density at radius 2 is 2.12 bits per heavy atom. The van der Waals surface area contributed by atoms with Crippen molar-refractivity contribution in [3.8, 4) is 11.5 Å². The molecule has 0 amide bonds. The smallest absolute Gasteiger partial charge is 0.191 e. The van der Waals surface area contributed by atoms with E-state index >= 15 is 0 Å². The van der Waals surface area contributed by atoms with Crippen molar-refractivity contribution in [2.75, 3.05) is 32.1 Å². The number of phenols is 1. The first-order valence-corrected chi connectivity index (χ1v) is 9.50. The van der Waals surface area contributed by atoms with Crippen molar-refractivity contribution in [3.05, 3.63) is 34.8 Å². The van der Waals surface area contributed by atoms with E-state index in [4.69, 9.17) is 4.74 Å². The number of nitrogens with zero attached hydrogens (tertiary/aromatic N) is 3. The molecule has 26 heavy (non-hydrogen) atoms. The van der Waals surface area contributed by atoms with Crippen molar-refractivity contribution in [3.63, 3.8) is 0 Å². The number of phenolic OH excluding ortho intramolecular Hbond substituents is 1. The van der Waals surface area contributed by atoms with Crippen LogP contribution in [-0.4, -0.2) is 43.3 Å². The maximum Gasteiger partial charge on any atom is 0.191 e. The van der Waals surface area contributed by atoms with E-state index < -0.39 is 0 Å². The molecule has 1 aromatic heterocycles. The highest BCUT2D eigenvalue weighted by Crippen LogP contribution is 2.27. The molecule has 0 aliphatic heterocycles. The summed E-state index contributed by atoms with van der Waals surface area (Å²) in [6.45, 7) is 6.28. The van der Waals surface area contributed by atoms with E-state index in [1.807, 2.05) is 50.4 Å². The SMILES string of the molecule is CCNC(=NCc1ccc(O)c(OCC)c1)NCc1csc(N(C)C)n1. The molecule has 3 N–H and O–H groups in total. The van der Waals surface area contributed by atoms with Gasteiger partial charge in [-0.15, -0.1) is 11.3 Å². The van der Waals surface area contributed by atoms with E-state index in [0.29, 0.717) is 25.4 Å². The van der Waals surface area contributed by atoms with Crippen LogP contribution in [-0.2, 0) is 13.1 Å². The average Bonchev–Trinajstić information content (AvgIpc) is 3.09. The van der Waals surface area contributed by atoms with Crippen molar-refractivity contribution in [1.29, 1.82) is 0 Å². The molecule has 1 heterocycles. The fraction of sp³-hybridized carbons (Fsp3) is 0.444. The van der Waals surface area contributed by atoms with Crippen LogP contribution < -0.4 is 20.3 Å². The summed E-state index contributed by atoms with van der Waals surface area (Å²) in [4.78, 5) is 11.1. The average molecular weight is 378 g/mol. The predicted octanol–water partition coefficient (Wildman–Crippen LogP) is 2.57. The Morgan fingerprint density at radius 1 is 1.31 bits per heavy atom.